The van der Waals surface area contributed by atoms with E-state index in [1.54, 1.807) is 0 Å². The van der Waals surface area contributed by atoms with E-state index in [0.29, 0.717) is 25.3 Å². The molecule has 0 spiro atoms. The summed E-state index contributed by atoms with van der Waals surface area (Å²) in [6.07, 6.45) is 0. The number of nitrogens with one attached hydrogen (secondary N) is 1. The standard InChI is InChI=1S/C14H22N4O5S/c1-15(2)24(22,23)14-11-12(18(20)21)3-4-13(14)17-7-5-16(6-8-17)9-10-19/h3-4,11,19H,5-10H2,1-2H3/p+1. The zero-order valence-electron chi connectivity index (χ0n) is 13.8. The second kappa shape index (κ2) is 7.43. The Hall–Kier alpha value is -1.75. The molecule has 0 amide bonds. The summed E-state index contributed by atoms with van der Waals surface area (Å²) in [5.74, 6) is 0. The molecule has 1 saturated heterocycles. The molecule has 0 aromatic heterocycles. The van der Waals surface area contributed by atoms with Crippen LogP contribution in [-0.4, -0.2) is 76.2 Å². The first kappa shape index (κ1) is 18.6. The third kappa shape index (κ3) is 3.83. The molecule has 1 aromatic rings. The molecule has 1 aromatic carbocycles. The van der Waals surface area contributed by atoms with Crippen molar-refractivity contribution in [3.05, 3.63) is 28.3 Å². The van der Waals surface area contributed by atoms with Gasteiger partial charge in [0.05, 0.1) is 43.4 Å². The van der Waals surface area contributed by atoms with E-state index in [0.717, 1.165) is 23.5 Å². The summed E-state index contributed by atoms with van der Waals surface area (Å²) in [5, 5.41) is 20.0. The molecule has 1 aliphatic heterocycles. The van der Waals surface area contributed by atoms with Crippen LogP contribution in [-0.2, 0) is 10.0 Å². The van der Waals surface area contributed by atoms with Crippen molar-refractivity contribution in [2.45, 2.75) is 4.90 Å². The van der Waals surface area contributed by atoms with Gasteiger partial charge in [-0.25, -0.2) is 12.7 Å². The van der Waals surface area contributed by atoms with Crippen molar-refractivity contribution in [2.24, 2.45) is 0 Å². The second-order valence-corrected chi connectivity index (χ2v) is 8.03. The van der Waals surface area contributed by atoms with Gasteiger partial charge in [-0.1, -0.05) is 0 Å². The molecule has 2 N–H and O–H groups in total. The van der Waals surface area contributed by atoms with Crippen LogP contribution in [0.25, 0.3) is 0 Å². The summed E-state index contributed by atoms with van der Waals surface area (Å²) in [6, 6.07) is 3.96. The van der Waals surface area contributed by atoms with E-state index in [1.165, 1.54) is 31.1 Å². The average molecular weight is 359 g/mol. The lowest BCUT2D eigenvalue weighted by molar-refractivity contribution is -0.900. The number of sulfonamides is 1. The fourth-order valence-corrected chi connectivity index (χ4v) is 3.88. The second-order valence-electron chi connectivity index (χ2n) is 5.91. The number of nitro benzene ring substituents is 1. The van der Waals surface area contributed by atoms with Gasteiger partial charge in [-0.3, -0.25) is 10.1 Å². The number of piperazine rings is 1. The van der Waals surface area contributed by atoms with E-state index in [2.05, 4.69) is 0 Å². The molecular formula is C14H23N4O5S+. The summed E-state index contributed by atoms with van der Waals surface area (Å²) >= 11 is 0. The van der Waals surface area contributed by atoms with Gasteiger partial charge in [0.1, 0.15) is 11.4 Å². The van der Waals surface area contributed by atoms with Crippen molar-refractivity contribution in [3.63, 3.8) is 0 Å². The molecule has 9 nitrogen and oxygen atoms in total. The van der Waals surface area contributed by atoms with Gasteiger partial charge in [0.25, 0.3) is 5.69 Å². The van der Waals surface area contributed by atoms with Crippen LogP contribution >= 0.6 is 0 Å². The molecule has 1 aliphatic rings. The average Bonchev–Trinajstić information content (AvgIpc) is 2.55. The van der Waals surface area contributed by atoms with Gasteiger partial charge < -0.3 is 14.9 Å². The normalized spacial score (nSPS) is 16.6. The van der Waals surface area contributed by atoms with Crippen LogP contribution in [0.1, 0.15) is 0 Å². The maximum Gasteiger partial charge on any atom is 0.270 e. The van der Waals surface area contributed by atoms with Gasteiger partial charge in [0.15, 0.2) is 0 Å². The van der Waals surface area contributed by atoms with Gasteiger partial charge in [0.2, 0.25) is 10.0 Å². The number of anilines is 1. The third-order valence-electron chi connectivity index (χ3n) is 4.19. The minimum atomic E-state index is -3.80. The molecule has 24 heavy (non-hydrogen) atoms. The predicted molar refractivity (Wildman–Crippen MR) is 88.8 cm³/mol. The molecule has 0 bridgehead atoms. The monoisotopic (exact) mass is 359 g/mol. The Morgan fingerprint density at radius 1 is 1.33 bits per heavy atom. The molecule has 0 atom stereocenters. The Morgan fingerprint density at radius 2 is 1.96 bits per heavy atom. The molecule has 10 heteroatoms. The first-order valence-corrected chi connectivity index (χ1v) is 9.11. The molecule has 0 radical (unpaired) electrons. The highest BCUT2D eigenvalue weighted by atomic mass is 32.2. The molecule has 1 fully saturated rings. The van der Waals surface area contributed by atoms with E-state index in [4.69, 9.17) is 5.11 Å². The first-order valence-electron chi connectivity index (χ1n) is 7.67. The number of benzene rings is 1. The summed E-state index contributed by atoms with van der Waals surface area (Å²) in [6.45, 7) is 3.59. The molecule has 134 valence electrons. The number of aliphatic hydroxyl groups excluding tert-OH is 1. The lowest BCUT2D eigenvalue weighted by Gasteiger charge is -2.34. The van der Waals surface area contributed by atoms with Crippen molar-refractivity contribution < 1.29 is 23.3 Å². The highest BCUT2D eigenvalue weighted by Gasteiger charge is 2.29. The van der Waals surface area contributed by atoms with Crippen molar-refractivity contribution in [1.82, 2.24) is 4.31 Å². The van der Waals surface area contributed by atoms with E-state index < -0.39 is 14.9 Å². The number of quaternary nitrogens is 1. The number of hydrogen-bond acceptors (Lipinski definition) is 6. The molecule has 2 rings (SSSR count). The van der Waals surface area contributed by atoms with Gasteiger partial charge in [-0.15, -0.1) is 0 Å². The van der Waals surface area contributed by atoms with E-state index >= 15 is 0 Å². The summed E-state index contributed by atoms with van der Waals surface area (Å²) < 4.78 is 26.2. The zero-order valence-corrected chi connectivity index (χ0v) is 14.6. The molecular weight excluding hydrogens is 336 g/mol. The number of rotatable bonds is 6. The summed E-state index contributed by atoms with van der Waals surface area (Å²) in [4.78, 5) is 13.6. The van der Waals surface area contributed by atoms with Crippen molar-refractivity contribution in [1.29, 1.82) is 0 Å². The highest BCUT2D eigenvalue weighted by molar-refractivity contribution is 7.89. The van der Waals surface area contributed by atoms with E-state index in [9.17, 15) is 18.5 Å². The largest absolute Gasteiger partial charge is 0.391 e. The third-order valence-corrected chi connectivity index (χ3v) is 6.03. The van der Waals surface area contributed by atoms with Gasteiger partial charge >= 0.3 is 0 Å². The first-order chi connectivity index (χ1) is 11.3. The topological polar surface area (TPSA) is 108 Å². The lowest BCUT2D eigenvalue weighted by atomic mass is 10.2. The van der Waals surface area contributed by atoms with Crippen molar-refractivity contribution in [2.75, 3.05) is 58.3 Å². The van der Waals surface area contributed by atoms with Crippen LogP contribution in [0.15, 0.2) is 23.1 Å². The minimum Gasteiger partial charge on any atom is -0.391 e. The fourth-order valence-electron chi connectivity index (χ4n) is 2.75. The Labute approximate surface area is 141 Å². The Kier molecular flexibility index (Phi) is 5.75. The Bertz CT molecular complexity index is 699. The number of aliphatic hydroxyl groups is 1. The molecule has 1 heterocycles. The number of hydrogen-bond donors (Lipinski definition) is 2. The maximum absolute atomic E-state index is 12.6. The van der Waals surface area contributed by atoms with E-state index in [-0.39, 0.29) is 17.2 Å². The van der Waals surface area contributed by atoms with Crippen LogP contribution in [0.5, 0.6) is 0 Å². The van der Waals surface area contributed by atoms with Gasteiger partial charge in [-0.05, 0) is 6.07 Å². The van der Waals surface area contributed by atoms with Gasteiger partial charge in [0, 0.05) is 26.2 Å². The molecule has 0 saturated carbocycles. The number of non-ortho nitro benzene ring substituents is 1. The van der Waals surface area contributed by atoms with E-state index in [1.807, 2.05) is 4.90 Å². The molecule has 0 unspecified atom stereocenters. The van der Waals surface area contributed by atoms with Crippen LogP contribution in [0.3, 0.4) is 0 Å². The molecule has 0 aliphatic carbocycles. The van der Waals surface area contributed by atoms with Crippen molar-refractivity contribution in [3.8, 4) is 0 Å². The highest BCUT2D eigenvalue weighted by Crippen LogP contribution is 2.31. The Balaban J connectivity index is 2.38. The summed E-state index contributed by atoms with van der Waals surface area (Å²) in [5.41, 5.74) is 0.237. The van der Waals surface area contributed by atoms with Crippen molar-refractivity contribution >= 4 is 21.4 Å². The van der Waals surface area contributed by atoms with Crippen LogP contribution < -0.4 is 9.80 Å². The smallest absolute Gasteiger partial charge is 0.270 e. The fraction of sp³-hybridized carbons (Fsp3) is 0.571. The van der Waals surface area contributed by atoms with Crippen LogP contribution in [0.2, 0.25) is 0 Å². The lowest BCUT2D eigenvalue weighted by Crippen LogP contribution is -3.15. The zero-order chi connectivity index (χ0) is 17.9. The van der Waals surface area contributed by atoms with Crippen LogP contribution in [0.4, 0.5) is 11.4 Å². The Morgan fingerprint density at radius 3 is 2.46 bits per heavy atom. The number of nitro groups is 1. The summed E-state index contributed by atoms with van der Waals surface area (Å²) in [7, 11) is -0.988. The van der Waals surface area contributed by atoms with Crippen LogP contribution in [0, 0.1) is 10.1 Å². The van der Waals surface area contributed by atoms with Gasteiger partial charge in [-0.2, -0.15) is 0 Å². The predicted octanol–water partition coefficient (Wildman–Crippen LogP) is -1.46. The quantitative estimate of drug-likeness (QED) is 0.475. The number of nitrogens with zero attached hydrogens (tertiary/aromatic N) is 3. The SMILES string of the molecule is CN(C)S(=O)(=O)c1cc([N+](=O)[O-])ccc1N1CC[NH+](CCO)CC1. The minimum absolute atomic E-state index is 0.0488. The maximum atomic E-state index is 12.6.